The van der Waals surface area contributed by atoms with Gasteiger partial charge in [-0.15, -0.1) is 0 Å². The minimum Gasteiger partial charge on any atom is -0.378 e. The van der Waals surface area contributed by atoms with Gasteiger partial charge in [0.25, 0.3) is 5.91 Å². The largest absolute Gasteiger partial charge is 0.378 e. The number of nitrogens with one attached hydrogen (secondary N) is 1. The van der Waals surface area contributed by atoms with Crippen molar-refractivity contribution >= 4 is 27.5 Å². The molecule has 2 rings (SSSR count). The van der Waals surface area contributed by atoms with Crippen molar-refractivity contribution in [2.75, 3.05) is 19.0 Å². The third-order valence-corrected chi connectivity index (χ3v) is 4.74. The average molecular weight is 325 g/mol. The van der Waals surface area contributed by atoms with Crippen molar-refractivity contribution in [2.45, 2.75) is 36.6 Å². The first-order chi connectivity index (χ1) is 9.08. The van der Waals surface area contributed by atoms with E-state index in [1.165, 1.54) is 12.8 Å². The Balaban J connectivity index is 1.99. The quantitative estimate of drug-likeness (QED) is 0.866. The number of carbonyl (C=O) groups excluding carboxylic acids is 1. The number of rotatable bonds is 3. The number of nitrogens with zero attached hydrogens (tertiary/aromatic N) is 1. The number of hydrogen-bond donors (Lipinski definition) is 1. The summed E-state index contributed by atoms with van der Waals surface area (Å²) in [5, 5.41) is 3.13. The van der Waals surface area contributed by atoms with Crippen LogP contribution in [-0.4, -0.2) is 30.9 Å². The number of amides is 1. The second kappa shape index (κ2) is 6.42. The summed E-state index contributed by atoms with van der Waals surface area (Å²) in [6.45, 7) is 0. The van der Waals surface area contributed by atoms with Gasteiger partial charge in [0, 0.05) is 36.2 Å². The van der Waals surface area contributed by atoms with E-state index in [0.29, 0.717) is 4.83 Å². The molecule has 1 aliphatic rings. The summed E-state index contributed by atoms with van der Waals surface area (Å²) < 4.78 is 0. The minimum atomic E-state index is 0.0293. The lowest BCUT2D eigenvalue weighted by molar-refractivity contribution is 0.0930. The van der Waals surface area contributed by atoms with Crippen LogP contribution in [0.3, 0.4) is 0 Å². The van der Waals surface area contributed by atoms with Crippen molar-refractivity contribution in [1.29, 1.82) is 0 Å². The highest BCUT2D eigenvalue weighted by molar-refractivity contribution is 9.09. The highest BCUT2D eigenvalue weighted by atomic mass is 79.9. The normalized spacial score (nSPS) is 22.9. The molecule has 1 aromatic carbocycles. The Morgan fingerprint density at radius 3 is 2.42 bits per heavy atom. The molecule has 1 aromatic rings. The first-order valence-electron chi connectivity index (χ1n) is 6.80. The second-order valence-corrected chi connectivity index (χ2v) is 6.50. The van der Waals surface area contributed by atoms with Crippen LogP contribution in [0.5, 0.6) is 0 Å². The highest BCUT2D eigenvalue weighted by Crippen LogP contribution is 2.24. The maximum atomic E-state index is 12.2. The van der Waals surface area contributed by atoms with Crippen LogP contribution in [0, 0.1) is 0 Å². The molecule has 1 saturated carbocycles. The summed E-state index contributed by atoms with van der Waals surface area (Å²) in [5.74, 6) is 0.0293. The van der Waals surface area contributed by atoms with Gasteiger partial charge in [-0.3, -0.25) is 4.79 Å². The molecule has 1 fully saturated rings. The Bertz CT molecular complexity index is 430. The molecule has 1 amide bonds. The lowest BCUT2D eigenvalue weighted by Crippen LogP contribution is -2.42. The van der Waals surface area contributed by atoms with Crippen LogP contribution in [0.15, 0.2) is 24.3 Å². The van der Waals surface area contributed by atoms with Crippen LogP contribution in [-0.2, 0) is 0 Å². The molecule has 0 bridgehead atoms. The second-order valence-electron chi connectivity index (χ2n) is 5.32. The van der Waals surface area contributed by atoms with Crippen molar-refractivity contribution in [3.05, 3.63) is 29.8 Å². The van der Waals surface area contributed by atoms with E-state index in [2.05, 4.69) is 21.2 Å². The Hall–Kier alpha value is -1.03. The van der Waals surface area contributed by atoms with Gasteiger partial charge in [0.2, 0.25) is 0 Å². The molecule has 0 aromatic heterocycles. The Kier molecular flexibility index (Phi) is 4.86. The highest BCUT2D eigenvalue weighted by Gasteiger charge is 2.24. The molecule has 0 heterocycles. The number of alkyl halides is 1. The van der Waals surface area contributed by atoms with Crippen LogP contribution in [0.25, 0.3) is 0 Å². The van der Waals surface area contributed by atoms with Gasteiger partial charge in [0.1, 0.15) is 0 Å². The molecule has 3 nitrogen and oxygen atoms in total. The number of anilines is 1. The molecule has 1 N–H and O–H groups in total. The summed E-state index contributed by atoms with van der Waals surface area (Å²) in [4.78, 5) is 14.6. The van der Waals surface area contributed by atoms with Crippen LogP contribution < -0.4 is 10.2 Å². The molecule has 4 heteroatoms. The monoisotopic (exact) mass is 324 g/mol. The van der Waals surface area contributed by atoms with Gasteiger partial charge < -0.3 is 10.2 Å². The van der Waals surface area contributed by atoms with E-state index >= 15 is 0 Å². The molecule has 0 radical (unpaired) electrons. The molecule has 0 saturated heterocycles. The van der Waals surface area contributed by atoms with Gasteiger partial charge in [-0.25, -0.2) is 0 Å². The van der Waals surface area contributed by atoms with Gasteiger partial charge in [-0.2, -0.15) is 0 Å². The summed E-state index contributed by atoms with van der Waals surface area (Å²) in [6.07, 6.45) is 4.66. The Morgan fingerprint density at radius 2 is 1.84 bits per heavy atom. The zero-order valence-corrected chi connectivity index (χ0v) is 13.1. The lowest BCUT2D eigenvalue weighted by atomic mass is 9.95. The molecule has 2 atom stereocenters. The van der Waals surface area contributed by atoms with Crippen molar-refractivity contribution < 1.29 is 4.79 Å². The van der Waals surface area contributed by atoms with E-state index in [1.54, 1.807) is 0 Å². The van der Waals surface area contributed by atoms with Crippen LogP contribution in [0.2, 0.25) is 0 Å². The first-order valence-corrected chi connectivity index (χ1v) is 7.72. The average Bonchev–Trinajstić information content (AvgIpc) is 2.41. The summed E-state index contributed by atoms with van der Waals surface area (Å²) >= 11 is 3.67. The topological polar surface area (TPSA) is 32.3 Å². The van der Waals surface area contributed by atoms with Gasteiger partial charge in [-0.1, -0.05) is 28.8 Å². The predicted octanol–water partition coefficient (Wildman–Crippen LogP) is 3.19. The van der Waals surface area contributed by atoms with E-state index < -0.39 is 0 Å². The summed E-state index contributed by atoms with van der Waals surface area (Å²) in [6, 6.07) is 7.98. The van der Waals surface area contributed by atoms with Crippen molar-refractivity contribution in [1.82, 2.24) is 5.32 Å². The molecule has 1 aliphatic carbocycles. The Morgan fingerprint density at radius 1 is 1.21 bits per heavy atom. The molecular weight excluding hydrogens is 304 g/mol. The number of benzene rings is 1. The number of halogens is 1. The van der Waals surface area contributed by atoms with E-state index in [0.717, 1.165) is 24.1 Å². The fourth-order valence-electron chi connectivity index (χ4n) is 2.41. The number of hydrogen-bond acceptors (Lipinski definition) is 2. The minimum absolute atomic E-state index is 0.0293. The van der Waals surface area contributed by atoms with Gasteiger partial charge >= 0.3 is 0 Å². The maximum absolute atomic E-state index is 12.2. The van der Waals surface area contributed by atoms with E-state index in [1.807, 2.05) is 43.3 Å². The zero-order chi connectivity index (χ0) is 13.8. The molecule has 0 spiro atoms. The van der Waals surface area contributed by atoms with Crippen LogP contribution in [0.1, 0.15) is 36.0 Å². The third kappa shape index (κ3) is 3.72. The van der Waals surface area contributed by atoms with E-state index in [4.69, 9.17) is 0 Å². The SMILES string of the molecule is CN(C)c1ccc(C(=O)NC2CCCCC2Br)cc1. The van der Waals surface area contributed by atoms with Crippen molar-refractivity contribution in [2.24, 2.45) is 0 Å². The van der Waals surface area contributed by atoms with Gasteiger partial charge in [-0.05, 0) is 37.1 Å². The van der Waals surface area contributed by atoms with Gasteiger partial charge in [0.05, 0.1) is 0 Å². The third-order valence-electron chi connectivity index (χ3n) is 3.64. The zero-order valence-electron chi connectivity index (χ0n) is 11.5. The standard InChI is InChI=1S/C15H21BrN2O/c1-18(2)12-9-7-11(8-10-12)15(19)17-14-6-4-3-5-13(14)16/h7-10,13-14H,3-6H2,1-2H3,(H,17,19). The van der Waals surface area contributed by atoms with Crippen LogP contribution in [0.4, 0.5) is 5.69 Å². The smallest absolute Gasteiger partial charge is 0.251 e. The van der Waals surface area contributed by atoms with Crippen molar-refractivity contribution in [3.63, 3.8) is 0 Å². The Labute approximate surface area is 123 Å². The summed E-state index contributed by atoms with van der Waals surface area (Å²) in [7, 11) is 3.99. The van der Waals surface area contributed by atoms with Crippen molar-refractivity contribution in [3.8, 4) is 0 Å². The molecular formula is C15H21BrN2O. The fourth-order valence-corrected chi connectivity index (χ4v) is 3.13. The molecule has 2 unspecified atom stereocenters. The maximum Gasteiger partial charge on any atom is 0.251 e. The van der Waals surface area contributed by atoms with Gasteiger partial charge in [0.15, 0.2) is 0 Å². The number of carbonyl (C=O) groups is 1. The summed E-state index contributed by atoms with van der Waals surface area (Å²) in [5.41, 5.74) is 1.84. The van der Waals surface area contributed by atoms with E-state index in [9.17, 15) is 4.79 Å². The lowest BCUT2D eigenvalue weighted by Gasteiger charge is -2.28. The molecule has 19 heavy (non-hydrogen) atoms. The molecule has 104 valence electrons. The first kappa shape index (κ1) is 14.4. The van der Waals surface area contributed by atoms with E-state index in [-0.39, 0.29) is 11.9 Å². The fraction of sp³-hybridized carbons (Fsp3) is 0.533. The van der Waals surface area contributed by atoms with Crippen LogP contribution >= 0.6 is 15.9 Å². The predicted molar refractivity (Wildman–Crippen MR) is 83.2 cm³/mol. The molecule has 0 aliphatic heterocycles.